The zero-order valence-electron chi connectivity index (χ0n) is 16.0. The Morgan fingerprint density at radius 1 is 1.36 bits per heavy atom. The molecule has 0 radical (unpaired) electrons. The van der Waals surface area contributed by atoms with Crippen LogP contribution in [-0.4, -0.2) is 57.3 Å². The molecule has 1 atom stereocenters. The molecule has 3 N–H and O–H groups in total. The number of likely N-dealkylation sites (tertiary alicyclic amines) is 1. The molecular weight excluding hydrogens is 399 g/mol. The molecule has 1 aromatic carbocycles. The Hall–Kier alpha value is -1.55. The van der Waals surface area contributed by atoms with Gasteiger partial charge in [-0.25, -0.2) is 0 Å². The molecule has 1 amide bonds. The first-order chi connectivity index (χ1) is 12.7. The third-order valence-electron chi connectivity index (χ3n) is 4.62. The van der Waals surface area contributed by atoms with E-state index in [9.17, 15) is 18.0 Å². The summed E-state index contributed by atoms with van der Waals surface area (Å²) >= 11 is 0. The molecule has 1 aliphatic heterocycles. The fourth-order valence-electron chi connectivity index (χ4n) is 2.99. The van der Waals surface area contributed by atoms with Crippen molar-refractivity contribution < 1.29 is 27.4 Å². The molecule has 1 fully saturated rings. The molecule has 1 unspecified atom stereocenters. The van der Waals surface area contributed by atoms with Gasteiger partial charge in [0.05, 0.1) is 24.4 Å². The summed E-state index contributed by atoms with van der Waals surface area (Å²) in [6, 6.07) is 3.01. The molecule has 160 valence electrons. The molecule has 1 saturated heterocycles. The molecule has 10 heteroatoms. The number of methoxy groups -OCH3 is 1. The van der Waals surface area contributed by atoms with Crippen LogP contribution in [-0.2, 0) is 15.7 Å². The number of anilines is 1. The number of halogens is 4. The Balaban J connectivity index is 0.00000392. The van der Waals surface area contributed by atoms with E-state index < -0.39 is 17.6 Å². The number of hydrogen-bond acceptors (Lipinski definition) is 5. The average Bonchev–Trinajstić information content (AvgIpc) is 2.97. The number of alkyl halides is 3. The maximum Gasteiger partial charge on any atom is 0.416 e. The lowest BCUT2D eigenvalue weighted by Gasteiger charge is -2.22. The van der Waals surface area contributed by atoms with Gasteiger partial charge in [0.25, 0.3) is 0 Å². The number of nitrogens with zero attached hydrogens (tertiary/aromatic N) is 1. The maximum absolute atomic E-state index is 13.0. The lowest BCUT2D eigenvalue weighted by atomic mass is 9.90. The van der Waals surface area contributed by atoms with Crippen molar-refractivity contribution >= 4 is 24.0 Å². The van der Waals surface area contributed by atoms with E-state index in [0.717, 1.165) is 25.1 Å². The highest BCUT2D eigenvalue weighted by Crippen LogP contribution is 2.35. The van der Waals surface area contributed by atoms with Gasteiger partial charge in [0.15, 0.2) is 0 Å². The molecule has 1 aliphatic rings. The second-order valence-corrected chi connectivity index (χ2v) is 7.07. The number of rotatable bonds is 8. The Kier molecular flexibility index (Phi) is 9.00. The SMILES string of the molecule is COCCOc1ccc(C(F)(F)F)cc1NC(=O)CN1CCC(C)(CN)C1.Cl. The van der Waals surface area contributed by atoms with Crippen LogP contribution in [0.3, 0.4) is 0 Å². The van der Waals surface area contributed by atoms with Gasteiger partial charge in [-0.2, -0.15) is 13.2 Å². The van der Waals surface area contributed by atoms with Crippen molar-refractivity contribution in [2.24, 2.45) is 11.1 Å². The average molecular weight is 426 g/mol. The second-order valence-electron chi connectivity index (χ2n) is 7.07. The number of benzene rings is 1. The molecule has 2 rings (SSSR count). The van der Waals surface area contributed by atoms with Crippen LogP contribution in [0.1, 0.15) is 18.9 Å². The Morgan fingerprint density at radius 3 is 2.64 bits per heavy atom. The van der Waals surface area contributed by atoms with Crippen LogP contribution < -0.4 is 15.8 Å². The normalized spacial score (nSPS) is 19.9. The van der Waals surface area contributed by atoms with Crippen LogP contribution in [0.2, 0.25) is 0 Å². The first-order valence-electron chi connectivity index (χ1n) is 8.72. The number of nitrogens with two attached hydrogens (primary N) is 1. The van der Waals surface area contributed by atoms with Crippen LogP contribution >= 0.6 is 12.4 Å². The summed E-state index contributed by atoms with van der Waals surface area (Å²) in [5, 5.41) is 2.54. The van der Waals surface area contributed by atoms with Crippen LogP contribution in [0.5, 0.6) is 5.75 Å². The van der Waals surface area contributed by atoms with Crippen molar-refractivity contribution in [2.45, 2.75) is 19.5 Å². The van der Waals surface area contributed by atoms with E-state index in [2.05, 4.69) is 12.2 Å². The number of nitrogens with one attached hydrogen (secondary N) is 1. The summed E-state index contributed by atoms with van der Waals surface area (Å²) in [5.74, 6) is -0.228. The number of carbonyl (C=O) groups is 1. The van der Waals surface area contributed by atoms with Crippen molar-refractivity contribution in [3.05, 3.63) is 23.8 Å². The van der Waals surface area contributed by atoms with E-state index in [0.29, 0.717) is 13.1 Å². The van der Waals surface area contributed by atoms with Gasteiger partial charge < -0.3 is 20.5 Å². The van der Waals surface area contributed by atoms with Gasteiger partial charge in [-0.05, 0) is 43.1 Å². The molecule has 0 saturated carbocycles. The van der Waals surface area contributed by atoms with E-state index in [1.807, 2.05) is 4.90 Å². The number of hydrogen-bond donors (Lipinski definition) is 2. The largest absolute Gasteiger partial charge is 0.489 e. The van der Waals surface area contributed by atoms with Gasteiger partial charge >= 0.3 is 6.18 Å². The van der Waals surface area contributed by atoms with Crippen LogP contribution in [0, 0.1) is 5.41 Å². The standard InChI is InChI=1S/C18H26F3N3O3.ClH/c1-17(11-22)5-6-24(12-17)10-16(25)23-14-9-13(18(19,20)21)3-4-15(14)27-8-7-26-2;/h3-4,9H,5-8,10-12,22H2,1-2H3,(H,23,25);1H. The van der Waals surface area contributed by atoms with Crippen molar-refractivity contribution in [3.8, 4) is 5.75 Å². The van der Waals surface area contributed by atoms with E-state index >= 15 is 0 Å². The first kappa shape index (κ1) is 24.5. The molecule has 0 bridgehead atoms. The van der Waals surface area contributed by atoms with Gasteiger partial charge in [0.2, 0.25) is 5.91 Å². The molecule has 6 nitrogen and oxygen atoms in total. The summed E-state index contributed by atoms with van der Waals surface area (Å²) in [6.45, 7) is 4.50. The summed E-state index contributed by atoms with van der Waals surface area (Å²) in [7, 11) is 1.49. The van der Waals surface area contributed by atoms with Crippen molar-refractivity contribution in [1.82, 2.24) is 4.90 Å². The molecular formula is C18H27ClF3N3O3. The third kappa shape index (κ3) is 6.80. The maximum atomic E-state index is 13.0. The summed E-state index contributed by atoms with van der Waals surface area (Å²) in [4.78, 5) is 14.3. The van der Waals surface area contributed by atoms with Gasteiger partial charge in [-0.1, -0.05) is 6.92 Å². The predicted octanol–water partition coefficient (Wildman–Crippen LogP) is 2.76. The lowest BCUT2D eigenvalue weighted by molar-refractivity contribution is -0.137. The Bertz CT molecular complexity index is 661. The lowest BCUT2D eigenvalue weighted by Crippen LogP contribution is -2.35. The quantitative estimate of drug-likeness (QED) is 0.626. The van der Waals surface area contributed by atoms with Crippen molar-refractivity contribution in [3.63, 3.8) is 0 Å². The number of ether oxygens (including phenoxy) is 2. The molecule has 28 heavy (non-hydrogen) atoms. The Morgan fingerprint density at radius 2 is 2.07 bits per heavy atom. The van der Waals surface area contributed by atoms with Gasteiger partial charge in [-0.3, -0.25) is 9.69 Å². The summed E-state index contributed by atoms with van der Waals surface area (Å²) < 4.78 is 49.3. The first-order valence-corrected chi connectivity index (χ1v) is 8.72. The van der Waals surface area contributed by atoms with E-state index in [1.54, 1.807) is 0 Å². The van der Waals surface area contributed by atoms with Crippen molar-refractivity contribution in [1.29, 1.82) is 0 Å². The minimum Gasteiger partial charge on any atom is -0.489 e. The van der Waals surface area contributed by atoms with Crippen LogP contribution in [0.15, 0.2) is 18.2 Å². The van der Waals surface area contributed by atoms with Crippen molar-refractivity contribution in [2.75, 3.05) is 51.8 Å². The number of amides is 1. The smallest absolute Gasteiger partial charge is 0.416 e. The summed E-state index contributed by atoms with van der Waals surface area (Å²) in [5.41, 5.74) is 4.86. The predicted molar refractivity (Wildman–Crippen MR) is 103 cm³/mol. The highest BCUT2D eigenvalue weighted by molar-refractivity contribution is 5.93. The fraction of sp³-hybridized carbons (Fsp3) is 0.611. The van der Waals surface area contributed by atoms with Crippen LogP contribution in [0.4, 0.5) is 18.9 Å². The summed E-state index contributed by atoms with van der Waals surface area (Å²) in [6.07, 6.45) is -3.63. The molecule has 0 aliphatic carbocycles. The topological polar surface area (TPSA) is 76.8 Å². The van der Waals surface area contributed by atoms with E-state index in [-0.39, 0.29) is 49.0 Å². The third-order valence-corrected chi connectivity index (χ3v) is 4.62. The van der Waals surface area contributed by atoms with Gasteiger partial charge in [0, 0.05) is 13.7 Å². The number of carbonyl (C=O) groups excluding carboxylic acids is 1. The minimum absolute atomic E-state index is 0. The highest BCUT2D eigenvalue weighted by atomic mass is 35.5. The van der Waals surface area contributed by atoms with E-state index in [1.165, 1.54) is 13.2 Å². The van der Waals surface area contributed by atoms with Crippen LogP contribution in [0.25, 0.3) is 0 Å². The molecule has 0 spiro atoms. The second kappa shape index (κ2) is 10.3. The van der Waals surface area contributed by atoms with Gasteiger partial charge in [0.1, 0.15) is 12.4 Å². The van der Waals surface area contributed by atoms with E-state index in [4.69, 9.17) is 15.2 Å². The zero-order valence-corrected chi connectivity index (χ0v) is 16.8. The Labute approximate surface area is 168 Å². The molecule has 1 heterocycles. The minimum atomic E-state index is -4.51. The fourth-order valence-corrected chi connectivity index (χ4v) is 2.99. The molecule has 1 aromatic rings. The van der Waals surface area contributed by atoms with Gasteiger partial charge in [-0.15, -0.1) is 12.4 Å². The zero-order chi connectivity index (χ0) is 20.1. The molecule has 0 aromatic heterocycles. The highest BCUT2D eigenvalue weighted by Gasteiger charge is 2.34. The monoisotopic (exact) mass is 425 g/mol.